The lowest BCUT2D eigenvalue weighted by atomic mass is 10.3. The molecule has 0 bridgehead atoms. The number of anilines is 4. The number of hydrogen-bond donors (Lipinski definition) is 2. The zero-order chi connectivity index (χ0) is 15.5. The maximum Gasteiger partial charge on any atom is 0.159 e. The Labute approximate surface area is 125 Å². The van der Waals surface area contributed by atoms with Gasteiger partial charge >= 0.3 is 0 Å². The summed E-state index contributed by atoms with van der Waals surface area (Å²) in [6.45, 7) is 2.50. The Bertz CT molecular complexity index is 676. The van der Waals surface area contributed by atoms with Crippen molar-refractivity contribution in [2.75, 3.05) is 42.3 Å². The summed E-state index contributed by atoms with van der Waals surface area (Å²) in [5, 5.41) is 2.71. The molecule has 2 aromatic rings. The van der Waals surface area contributed by atoms with Gasteiger partial charge < -0.3 is 20.7 Å². The normalized spacial score (nSPS) is 14.9. The van der Waals surface area contributed by atoms with Crippen LogP contribution in [-0.4, -0.2) is 36.3 Å². The van der Waals surface area contributed by atoms with Crippen LogP contribution in [0, 0.1) is 11.6 Å². The van der Waals surface area contributed by atoms with Crippen molar-refractivity contribution >= 4 is 23.0 Å². The van der Waals surface area contributed by atoms with Gasteiger partial charge in [0, 0.05) is 19.2 Å². The predicted octanol–water partition coefficient (Wildman–Crippen LogP) is 1.92. The van der Waals surface area contributed by atoms with Crippen LogP contribution >= 0.6 is 0 Å². The number of nitrogens with two attached hydrogens (primary N) is 1. The number of nitrogen functional groups attached to an aromatic ring is 1. The maximum atomic E-state index is 13.7. The average molecular weight is 307 g/mol. The first-order chi connectivity index (χ1) is 10.6. The highest BCUT2D eigenvalue weighted by atomic mass is 19.1. The van der Waals surface area contributed by atoms with E-state index in [1.807, 2.05) is 4.90 Å². The van der Waals surface area contributed by atoms with Crippen molar-refractivity contribution < 1.29 is 13.5 Å². The Morgan fingerprint density at radius 3 is 2.73 bits per heavy atom. The molecule has 0 saturated carbocycles. The van der Waals surface area contributed by atoms with E-state index >= 15 is 0 Å². The Hall–Kier alpha value is -2.48. The van der Waals surface area contributed by atoms with Crippen LogP contribution in [0.4, 0.5) is 31.8 Å². The smallest absolute Gasteiger partial charge is 0.159 e. The number of aromatic nitrogens is 2. The van der Waals surface area contributed by atoms with Crippen LogP contribution in [0.1, 0.15) is 0 Å². The highest BCUT2D eigenvalue weighted by Crippen LogP contribution is 2.29. The lowest BCUT2D eigenvalue weighted by Crippen LogP contribution is -2.37. The molecule has 0 unspecified atom stereocenters. The highest BCUT2D eigenvalue weighted by Gasteiger charge is 2.18. The van der Waals surface area contributed by atoms with Gasteiger partial charge in [-0.15, -0.1) is 0 Å². The maximum absolute atomic E-state index is 13.7. The molecule has 3 N–H and O–H groups in total. The Morgan fingerprint density at radius 2 is 1.95 bits per heavy atom. The van der Waals surface area contributed by atoms with Gasteiger partial charge in [0.1, 0.15) is 23.6 Å². The Morgan fingerprint density at radius 1 is 1.18 bits per heavy atom. The third-order valence-electron chi connectivity index (χ3n) is 3.35. The van der Waals surface area contributed by atoms with Gasteiger partial charge in [0.15, 0.2) is 11.6 Å². The lowest BCUT2D eigenvalue weighted by molar-refractivity contribution is 0.122. The summed E-state index contributed by atoms with van der Waals surface area (Å²) < 4.78 is 32.2. The molecule has 1 aliphatic rings. The molecule has 8 heteroatoms. The number of ether oxygens (including phenoxy) is 1. The molecule has 6 nitrogen and oxygen atoms in total. The SMILES string of the molecule is Nc1c(Nc2cc(F)ccc2F)ncnc1N1CCOCC1. The van der Waals surface area contributed by atoms with E-state index in [9.17, 15) is 8.78 Å². The quantitative estimate of drug-likeness (QED) is 0.902. The fraction of sp³-hybridized carbons (Fsp3) is 0.286. The zero-order valence-corrected chi connectivity index (χ0v) is 11.7. The molecule has 0 aliphatic carbocycles. The largest absolute Gasteiger partial charge is 0.393 e. The molecular formula is C14H15F2N5O. The number of rotatable bonds is 3. The molecule has 1 fully saturated rings. The number of morpholine rings is 1. The first-order valence-corrected chi connectivity index (χ1v) is 6.80. The summed E-state index contributed by atoms with van der Waals surface area (Å²) >= 11 is 0. The minimum atomic E-state index is -0.590. The summed E-state index contributed by atoms with van der Waals surface area (Å²) in [7, 11) is 0. The van der Waals surface area contributed by atoms with Crippen LogP contribution < -0.4 is 16.0 Å². The predicted molar refractivity (Wildman–Crippen MR) is 79.1 cm³/mol. The molecule has 116 valence electrons. The van der Waals surface area contributed by atoms with Crippen molar-refractivity contribution in [3.8, 4) is 0 Å². The lowest BCUT2D eigenvalue weighted by Gasteiger charge is -2.29. The van der Waals surface area contributed by atoms with Crippen LogP contribution in [-0.2, 0) is 4.74 Å². The van der Waals surface area contributed by atoms with E-state index < -0.39 is 11.6 Å². The standard InChI is InChI=1S/C14H15F2N5O/c15-9-1-2-10(16)11(7-9)20-13-12(17)14(19-8-18-13)21-3-5-22-6-4-21/h1-2,7-8H,3-6,17H2,(H,18,19,20). The first-order valence-electron chi connectivity index (χ1n) is 6.80. The van der Waals surface area contributed by atoms with Gasteiger partial charge in [0.2, 0.25) is 0 Å². The van der Waals surface area contributed by atoms with E-state index in [1.165, 1.54) is 6.33 Å². The molecule has 1 aromatic heterocycles. The minimum absolute atomic E-state index is 0.0293. The Kier molecular flexibility index (Phi) is 4.01. The fourth-order valence-electron chi connectivity index (χ4n) is 2.23. The van der Waals surface area contributed by atoms with E-state index in [0.717, 1.165) is 18.2 Å². The van der Waals surface area contributed by atoms with Crippen molar-refractivity contribution in [1.29, 1.82) is 0 Å². The molecule has 1 aliphatic heterocycles. The molecule has 1 aromatic carbocycles. The van der Waals surface area contributed by atoms with Crippen molar-refractivity contribution in [3.63, 3.8) is 0 Å². The van der Waals surface area contributed by atoms with Crippen molar-refractivity contribution in [3.05, 3.63) is 36.2 Å². The second kappa shape index (κ2) is 6.10. The summed E-state index contributed by atoms with van der Waals surface area (Å²) in [6.07, 6.45) is 1.33. The Balaban J connectivity index is 1.89. The van der Waals surface area contributed by atoms with Gasteiger partial charge in [0.05, 0.1) is 18.9 Å². The second-order valence-electron chi connectivity index (χ2n) is 4.81. The third kappa shape index (κ3) is 2.91. The molecule has 2 heterocycles. The van der Waals surface area contributed by atoms with Crippen LogP contribution in [0.15, 0.2) is 24.5 Å². The van der Waals surface area contributed by atoms with Gasteiger partial charge in [-0.05, 0) is 12.1 Å². The summed E-state index contributed by atoms with van der Waals surface area (Å²) in [5.41, 5.74) is 6.32. The minimum Gasteiger partial charge on any atom is -0.393 e. The molecular weight excluding hydrogens is 292 g/mol. The first kappa shape index (κ1) is 14.5. The molecule has 0 spiro atoms. The average Bonchev–Trinajstić information content (AvgIpc) is 2.54. The second-order valence-corrected chi connectivity index (χ2v) is 4.81. The van der Waals surface area contributed by atoms with Crippen LogP contribution in [0.2, 0.25) is 0 Å². The van der Waals surface area contributed by atoms with Crippen LogP contribution in [0.5, 0.6) is 0 Å². The van der Waals surface area contributed by atoms with Crippen molar-refractivity contribution in [2.24, 2.45) is 0 Å². The monoisotopic (exact) mass is 307 g/mol. The topological polar surface area (TPSA) is 76.3 Å². The van der Waals surface area contributed by atoms with E-state index in [-0.39, 0.29) is 17.2 Å². The molecule has 0 amide bonds. The van der Waals surface area contributed by atoms with Gasteiger partial charge in [-0.3, -0.25) is 0 Å². The third-order valence-corrected chi connectivity index (χ3v) is 3.35. The van der Waals surface area contributed by atoms with E-state index in [2.05, 4.69) is 15.3 Å². The van der Waals surface area contributed by atoms with E-state index in [4.69, 9.17) is 10.5 Å². The van der Waals surface area contributed by atoms with Crippen molar-refractivity contribution in [2.45, 2.75) is 0 Å². The van der Waals surface area contributed by atoms with Crippen LogP contribution in [0.3, 0.4) is 0 Å². The number of benzene rings is 1. The van der Waals surface area contributed by atoms with Gasteiger partial charge in [-0.1, -0.05) is 0 Å². The molecule has 0 atom stereocenters. The fourth-order valence-corrected chi connectivity index (χ4v) is 2.23. The number of hydrogen-bond acceptors (Lipinski definition) is 6. The van der Waals surface area contributed by atoms with Gasteiger partial charge in [-0.2, -0.15) is 0 Å². The van der Waals surface area contributed by atoms with Gasteiger partial charge in [-0.25, -0.2) is 18.7 Å². The molecule has 0 radical (unpaired) electrons. The molecule has 3 rings (SSSR count). The zero-order valence-electron chi connectivity index (χ0n) is 11.7. The van der Waals surface area contributed by atoms with Gasteiger partial charge in [0.25, 0.3) is 0 Å². The van der Waals surface area contributed by atoms with Crippen molar-refractivity contribution in [1.82, 2.24) is 9.97 Å². The molecule has 22 heavy (non-hydrogen) atoms. The number of nitrogens with one attached hydrogen (secondary N) is 1. The number of halogens is 2. The van der Waals surface area contributed by atoms with E-state index in [1.54, 1.807) is 0 Å². The highest BCUT2D eigenvalue weighted by molar-refractivity contribution is 5.78. The molecule has 1 saturated heterocycles. The summed E-state index contributed by atoms with van der Waals surface area (Å²) in [6, 6.07) is 3.13. The summed E-state index contributed by atoms with van der Waals surface area (Å²) in [4.78, 5) is 10.1. The van der Waals surface area contributed by atoms with Crippen LogP contribution in [0.25, 0.3) is 0 Å². The number of nitrogens with zero attached hydrogens (tertiary/aromatic N) is 3. The summed E-state index contributed by atoms with van der Waals surface area (Å²) in [5.74, 6) is -0.351. The van der Waals surface area contributed by atoms with E-state index in [0.29, 0.717) is 32.1 Å².